The predicted molar refractivity (Wildman–Crippen MR) is 83.7 cm³/mol. The molecule has 0 saturated carbocycles. The molecule has 2 heteroatoms. The average molecular weight is 269 g/mol. The minimum atomic E-state index is 0.137. The van der Waals surface area contributed by atoms with Crippen LogP contribution < -0.4 is 10.5 Å². The lowest BCUT2D eigenvalue weighted by Gasteiger charge is -2.12. The molecule has 0 aliphatic carbocycles. The number of rotatable bonds is 7. The third-order valence-corrected chi connectivity index (χ3v) is 3.43. The van der Waals surface area contributed by atoms with Gasteiger partial charge in [-0.2, -0.15) is 0 Å². The lowest BCUT2D eigenvalue weighted by Crippen LogP contribution is -2.09. The van der Waals surface area contributed by atoms with Gasteiger partial charge in [0.15, 0.2) is 0 Å². The number of nitrogens with two attached hydrogens (primary N) is 1. The highest BCUT2D eigenvalue weighted by Crippen LogP contribution is 2.20. The first kappa shape index (κ1) is 14.6. The quantitative estimate of drug-likeness (QED) is 0.805. The van der Waals surface area contributed by atoms with Gasteiger partial charge in [-0.05, 0) is 29.7 Å². The Morgan fingerprint density at radius 2 is 1.70 bits per heavy atom. The fraction of sp³-hybridized carbons (Fsp3) is 0.333. The van der Waals surface area contributed by atoms with Crippen LogP contribution in [0.2, 0.25) is 0 Å². The third kappa shape index (κ3) is 4.39. The van der Waals surface area contributed by atoms with Crippen LogP contribution in [0.4, 0.5) is 0 Å². The molecule has 106 valence electrons. The van der Waals surface area contributed by atoms with E-state index in [1.807, 2.05) is 30.3 Å². The molecule has 1 atom stereocenters. The molecule has 0 amide bonds. The van der Waals surface area contributed by atoms with E-state index in [0.717, 1.165) is 12.2 Å². The molecule has 0 aliphatic rings. The molecule has 0 spiro atoms. The lowest BCUT2D eigenvalue weighted by atomic mass is 10.0. The molecule has 2 aromatic rings. The molecule has 0 bridgehead atoms. The zero-order valence-corrected chi connectivity index (χ0v) is 12.1. The highest BCUT2D eigenvalue weighted by Gasteiger charge is 2.05. The fourth-order valence-electron chi connectivity index (χ4n) is 2.14. The minimum Gasteiger partial charge on any atom is -0.489 e. The summed E-state index contributed by atoms with van der Waals surface area (Å²) in [5.41, 5.74) is 8.52. The van der Waals surface area contributed by atoms with Gasteiger partial charge in [-0.3, -0.25) is 0 Å². The first-order valence-electron chi connectivity index (χ1n) is 7.32. The summed E-state index contributed by atoms with van der Waals surface area (Å²) < 4.78 is 5.77. The number of unbranched alkanes of at least 4 members (excludes halogenated alkanes) is 1. The maximum atomic E-state index is 6.16. The van der Waals surface area contributed by atoms with Crippen LogP contribution in [0.15, 0.2) is 54.6 Å². The molecule has 0 unspecified atom stereocenters. The molecule has 0 fully saturated rings. The Morgan fingerprint density at radius 3 is 2.35 bits per heavy atom. The van der Waals surface area contributed by atoms with E-state index in [2.05, 4.69) is 31.2 Å². The van der Waals surface area contributed by atoms with Gasteiger partial charge in [0.1, 0.15) is 12.4 Å². The summed E-state index contributed by atoms with van der Waals surface area (Å²) >= 11 is 0. The van der Waals surface area contributed by atoms with Crippen molar-refractivity contribution in [3.8, 4) is 5.75 Å². The molecule has 0 saturated heterocycles. The van der Waals surface area contributed by atoms with Gasteiger partial charge in [0.25, 0.3) is 0 Å². The molecule has 2 nitrogen and oxygen atoms in total. The first-order chi connectivity index (χ1) is 9.79. The number of benzene rings is 2. The number of hydrogen-bond donors (Lipinski definition) is 1. The summed E-state index contributed by atoms with van der Waals surface area (Å²) in [5, 5.41) is 0. The minimum absolute atomic E-state index is 0.137. The second-order valence-electron chi connectivity index (χ2n) is 5.09. The van der Waals surface area contributed by atoms with Gasteiger partial charge in [-0.15, -0.1) is 0 Å². The van der Waals surface area contributed by atoms with Gasteiger partial charge in [-0.25, -0.2) is 0 Å². The van der Waals surface area contributed by atoms with Crippen LogP contribution in [0, 0.1) is 0 Å². The molecule has 20 heavy (non-hydrogen) atoms. The summed E-state index contributed by atoms with van der Waals surface area (Å²) in [6, 6.07) is 18.5. The topological polar surface area (TPSA) is 35.2 Å². The highest BCUT2D eigenvalue weighted by atomic mass is 16.5. The molecule has 2 aromatic carbocycles. The Labute approximate surface area is 121 Å². The van der Waals surface area contributed by atoms with E-state index in [1.54, 1.807) is 0 Å². The summed E-state index contributed by atoms with van der Waals surface area (Å²) in [5.74, 6) is 0.889. The van der Waals surface area contributed by atoms with Crippen molar-refractivity contribution in [2.24, 2.45) is 5.73 Å². The van der Waals surface area contributed by atoms with Crippen LogP contribution in [-0.2, 0) is 6.61 Å². The molecular weight excluding hydrogens is 246 g/mol. The number of hydrogen-bond acceptors (Lipinski definition) is 2. The van der Waals surface area contributed by atoms with Gasteiger partial charge >= 0.3 is 0 Å². The van der Waals surface area contributed by atoms with E-state index in [1.165, 1.54) is 24.0 Å². The van der Waals surface area contributed by atoms with Crippen LogP contribution in [0.5, 0.6) is 5.75 Å². The van der Waals surface area contributed by atoms with E-state index < -0.39 is 0 Å². The van der Waals surface area contributed by atoms with Crippen LogP contribution >= 0.6 is 0 Å². The van der Waals surface area contributed by atoms with Gasteiger partial charge < -0.3 is 10.5 Å². The van der Waals surface area contributed by atoms with Crippen LogP contribution in [-0.4, -0.2) is 0 Å². The van der Waals surface area contributed by atoms with E-state index in [-0.39, 0.29) is 6.04 Å². The van der Waals surface area contributed by atoms with Gasteiger partial charge in [0, 0.05) is 6.04 Å². The Kier molecular flexibility index (Phi) is 5.63. The van der Waals surface area contributed by atoms with E-state index in [0.29, 0.717) is 6.61 Å². The van der Waals surface area contributed by atoms with Crippen molar-refractivity contribution < 1.29 is 4.74 Å². The smallest absolute Gasteiger partial charge is 0.119 e. The molecule has 0 aromatic heterocycles. The van der Waals surface area contributed by atoms with Crippen molar-refractivity contribution in [2.45, 2.75) is 38.8 Å². The molecule has 2 N–H and O–H groups in total. The maximum absolute atomic E-state index is 6.16. The Balaban J connectivity index is 1.88. The molecule has 0 heterocycles. The predicted octanol–water partition coefficient (Wildman–Crippen LogP) is 4.46. The summed E-state index contributed by atoms with van der Waals surface area (Å²) in [7, 11) is 0. The van der Waals surface area contributed by atoms with Crippen molar-refractivity contribution in [2.75, 3.05) is 0 Å². The van der Waals surface area contributed by atoms with E-state index >= 15 is 0 Å². The standard InChI is InChI=1S/C18H23NO/c1-2-3-9-18(19)16-10-12-17(13-11-16)20-14-15-7-5-4-6-8-15/h4-8,10-13,18H,2-3,9,14,19H2,1H3/t18-/m0/s1. The lowest BCUT2D eigenvalue weighted by molar-refractivity contribution is 0.306. The van der Waals surface area contributed by atoms with Gasteiger partial charge in [0.05, 0.1) is 0 Å². The zero-order valence-electron chi connectivity index (χ0n) is 12.1. The van der Waals surface area contributed by atoms with Gasteiger partial charge in [-0.1, -0.05) is 62.2 Å². The van der Waals surface area contributed by atoms with Gasteiger partial charge in [0.2, 0.25) is 0 Å². The zero-order chi connectivity index (χ0) is 14.2. The normalized spacial score (nSPS) is 12.1. The average Bonchev–Trinajstić information content (AvgIpc) is 2.52. The molecular formula is C18H23NO. The Hall–Kier alpha value is -1.80. The second-order valence-corrected chi connectivity index (χ2v) is 5.09. The largest absolute Gasteiger partial charge is 0.489 e. The summed E-state index contributed by atoms with van der Waals surface area (Å²) in [6.07, 6.45) is 3.40. The van der Waals surface area contributed by atoms with E-state index in [4.69, 9.17) is 10.5 Å². The first-order valence-corrected chi connectivity index (χ1v) is 7.32. The fourth-order valence-corrected chi connectivity index (χ4v) is 2.14. The Bertz CT molecular complexity index is 493. The van der Waals surface area contributed by atoms with Crippen molar-refractivity contribution in [1.29, 1.82) is 0 Å². The van der Waals surface area contributed by atoms with E-state index in [9.17, 15) is 0 Å². The summed E-state index contributed by atoms with van der Waals surface area (Å²) in [4.78, 5) is 0. The van der Waals surface area contributed by atoms with Crippen molar-refractivity contribution >= 4 is 0 Å². The maximum Gasteiger partial charge on any atom is 0.119 e. The summed E-state index contributed by atoms with van der Waals surface area (Å²) in [6.45, 7) is 2.79. The van der Waals surface area contributed by atoms with Crippen LogP contribution in [0.1, 0.15) is 43.4 Å². The van der Waals surface area contributed by atoms with Crippen molar-refractivity contribution in [1.82, 2.24) is 0 Å². The Morgan fingerprint density at radius 1 is 1.00 bits per heavy atom. The van der Waals surface area contributed by atoms with Crippen LogP contribution in [0.25, 0.3) is 0 Å². The monoisotopic (exact) mass is 269 g/mol. The number of ether oxygens (including phenoxy) is 1. The molecule has 0 aliphatic heterocycles. The highest BCUT2D eigenvalue weighted by molar-refractivity contribution is 5.29. The SMILES string of the molecule is CCCC[C@H](N)c1ccc(OCc2ccccc2)cc1. The van der Waals surface area contributed by atoms with Crippen LogP contribution in [0.3, 0.4) is 0 Å². The van der Waals surface area contributed by atoms with Crippen molar-refractivity contribution in [3.63, 3.8) is 0 Å². The molecule has 2 rings (SSSR count). The second kappa shape index (κ2) is 7.71. The third-order valence-electron chi connectivity index (χ3n) is 3.43. The molecule has 0 radical (unpaired) electrons. The van der Waals surface area contributed by atoms with Crippen molar-refractivity contribution in [3.05, 3.63) is 65.7 Å².